The van der Waals surface area contributed by atoms with Crippen LogP contribution in [-0.2, 0) is 8.85 Å². The Morgan fingerprint density at radius 2 is 0.706 bits per heavy atom. The van der Waals surface area contributed by atoms with Crippen molar-refractivity contribution in [3.63, 3.8) is 0 Å². The van der Waals surface area contributed by atoms with Gasteiger partial charge in [-0.2, -0.15) is 0 Å². The van der Waals surface area contributed by atoms with Crippen LogP contribution in [0.3, 0.4) is 0 Å². The van der Waals surface area contributed by atoms with Crippen LogP contribution >= 0.6 is 0 Å². The van der Waals surface area contributed by atoms with Crippen LogP contribution in [0, 0.1) is 0 Å². The molecule has 0 amide bonds. The molecule has 0 aromatic heterocycles. The van der Waals surface area contributed by atoms with Gasteiger partial charge in [0.05, 0.1) is 0 Å². The highest BCUT2D eigenvalue weighted by atomic mass is 28.4. The maximum Gasteiger partial charge on any atom is 0.184 e. The van der Waals surface area contributed by atoms with Crippen LogP contribution in [0.5, 0.6) is 0 Å². The Morgan fingerprint density at radius 3 is 1.00 bits per heavy atom. The van der Waals surface area contributed by atoms with Crippen LogP contribution in [0.1, 0.15) is 142 Å². The summed E-state index contributed by atoms with van der Waals surface area (Å²) < 4.78 is 12.1. The predicted molar refractivity (Wildman–Crippen MR) is 160 cm³/mol. The molecule has 4 heteroatoms. The van der Waals surface area contributed by atoms with Crippen LogP contribution in [0.15, 0.2) is 0 Å². The van der Waals surface area contributed by atoms with Crippen molar-refractivity contribution in [3.8, 4) is 0 Å². The number of unbranched alkanes of at least 4 members (excludes halogenated alkanes) is 19. The fraction of sp³-hybridized carbons (Fsp3) is 1.00. The molecule has 0 bridgehead atoms. The standard InChI is InChI=1S/C30H66O2Si2/c1-30(32-34(5,6)7)28-26-24-22-20-18-16-14-12-10-8-9-11-13-15-17-19-21-23-25-27-29-31-33(2,3)4/h30H,8-29H2,1-7H3. The second-order valence-electron chi connectivity index (χ2n) is 12.9. The summed E-state index contributed by atoms with van der Waals surface area (Å²) in [4.78, 5) is 0. The van der Waals surface area contributed by atoms with E-state index in [-0.39, 0.29) is 0 Å². The number of hydrogen-bond donors (Lipinski definition) is 0. The monoisotopic (exact) mass is 514 g/mol. The lowest BCUT2D eigenvalue weighted by Crippen LogP contribution is -2.30. The molecule has 0 aromatic rings. The molecule has 0 aliphatic rings. The fourth-order valence-electron chi connectivity index (χ4n) is 4.76. The highest BCUT2D eigenvalue weighted by molar-refractivity contribution is 6.70. The highest BCUT2D eigenvalue weighted by Crippen LogP contribution is 2.17. The summed E-state index contributed by atoms with van der Waals surface area (Å²) in [5.74, 6) is 0. The third-order valence-corrected chi connectivity index (χ3v) is 8.77. The van der Waals surface area contributed by atoms with Crippen molar-refractivity contribution in [1.82, 2.24) is 0 Å². The fourth-order valence-corrected chi connectivity index (χ4v) is 6.84. The van der Waals surface area contributed by atoms with Gasteiger partial charge in [-0.1, -0.05) is 122 Å². The van der Waals surface area contributed by atoms with Crippen LogP contribution in [0.4, 0.5) is 0 Å². The third kappa shape index (κ3) is 30.4. The molecular formula is C30H66O2Si2. The number of rotatable bonds is 26. The van der Waals surface area contributed by atoms with Crippen molar-refractivity contribution in [2.45, 2.75) is 187 Å². The van der Waals surface area contributed by atoms with Gasteiger partial charge in [-0.05, 0) is 59.0 Å². The summed E-state index contributed by atoms with van der Waals surface area (Å²) in [7, 11) is -2.63. The zero-order chi connectivity index (χ0) is 25.5. The van der Waals surface area contributed by atoms with E-state index in [4.69, 9.17) is 8.85 Å². The molecule has 34 heavy (non-hydrogen) atoms. The van der Waals surface area contributed by atoms with Crippen LogP contribution < -0.4 is 0 Å². The van der Waals surface area contributed by atoms with Crippen molar-refractivity contribution in [3.05, 3.63) is 0 Å². The van der Waals surface area contributed by atoms with Gasteiger partial charge in [-0.3, -0.25) is 0 Å². The van der Waals surface area contributed by atoms with E-state index in [0.29, 0.717) is 6.10 Å². The second kappa shape index (κ2) is 22.5. The minimum atomic E-state index is -1.34. The van der Waals surface area contributed by atoms with E-state index in [0.717, 1.165) is 6.61 Å². The maximum atomic E-state index is 6.13. The largest absolute Gasteiger partial charge is 0.418 e. The molecule has 0 heterocycles. The summed E-state index contributed by atoms with van der Waals surface area (Å²) in [6.07, 6.45) is 30.3. The Labute approximate surface area is 219 Å². The van der Waals surface area contributed by atoms with Gasteiger partial charge < -0.3 is 8.85 Å². The highest BCUT2D eigenvalue weighted by Gasteiger charge is 2.17. The molecule has 1 atom stereocenters. The Hall–Kier alpha value is 0.354. The van der Waals surface area contributed by atoms with Crippen molar-refractivity contribution in [1.29, 1.82) is 0 Å². The van der Waals surface area contributed by atoms with E-state index < -0.39 is 16.6 Å². The summed E-state index contributed by atoms with van der Waals surface area (Å²) in [6.45, 7) is 17.0. The molecule has 0 aliphatic carbocycles. The lowest BCUT2D eigenvalue weighted by atomic mass is 10.0. The first-order valence-corrected chi connectivity index (χ1v) is 22.2. The predicted octanol–water partition coefficient (Wildman–Crippen LogP) is 11.3. The van der Waals surface area contributed by atoms with Gasteiger partial charge in [0.15, 0.2) is 16.6 Å². The zero-order valence-electron chi connectivity index (χ0n) is 25.0. The summed E-state index contributed by atoms with van der Waals surface area (Å²) in [5, 5.41) is 0. The van der Waals surface area contributed by atoms with E-state index in [9.17, 15) is 0 Å². The SMILES string of the molecule is CC(CCCCCCCCCCCCCCCCCCCCCCO[Si](C)(C)C)O[Si](C)(C)C. The van der Waals surface area contributed by atoms with Gasteiger partial charge in [-0.25, -0.2) is 0 Å². The van der Waals surface area contributed by atoms with Gasteiger partial charge in [0, 0.05) is 12.7 Å². The van der Waals surface area contributed by atoms with Gasteiger partial charge >= 0.3 is 0 Å². The van der Waals surface area contributed by atoms with E-state index in [1.165, 1.54) is 135 Å². The van der Waals surface area contributed by atoms with E-state index >= 15 is 0 Å². The Bertz CT molecular complexity index is 415. The molecule has 0 saturated heterocycles. The first kappa shape index (κ1) is 34.4. The topological polar surface area (TPSA) is 18.5 Å². The summed E-state index contributed by atoms with van der Waals surface area (Å²) in [5.41, 5.74) is 0. The Kier molecular flexibility index (Phi) is 22.8. The average Bonchev–Trinajstić information content (AvgIpc) is 2.72. The molecular weight excluding hydrogens is 449 g/mol. The van der Waals surface area contributed by atoms with Crippen molar-refractivity contribution >= 4 is 16.6 Å². The second-order valence-corrected chi connectivity index (χ2v) is 21.8. The smallest absolute Gasteiger partial charge is 0.184 e. The average molecular weight is 515 g/mol. The molecule has 0 saturated carbocycles. The normalized spacial score (nSPS) is 13.5. The van der Waals surface area contributed by atoms with Crippen molar-refractivity contribution in [2.75, 3.05) is 6.61 Å². The van der Waals surface area contributed by atoms with E-state index in [2.05, 4.69) is 46.2 Å². The summed E-state index contributed by atoms with van der Waals surface area (Å²) in [6, 6.07) is 0. The van der Waals surface area contributed by atoms with Crippen LogP contribution in [0.2, 0.25) is 39.3 Å². The van der Waals surface area contributed by atoms with Crippen LogP contribution in [-0.4, -0.2) is 29.3 Å². The first-order chi connectivity index (χ1) is 16.1. The molecule has 1 unspecified atom stereocenters. The molecule has 0 rings (SSSR count). The minimum Gasteiger partial charge on any atom is -0.418 e. The van der Waals surface area contributed by atoms with Gasteiger partial charge in [0.25, 0.3) is 0 Å². The number of hydrogen-bond acceptors (Lipinski definition) is 2. The molecule has 0 fully saturated rings. The molecule has 0 aromatic carbocycles. The lowest BCUT2D eigenvalue weighted by Gasteiger charge is -2.23. The quantitative estimate of drug-likeness (QED) is 0.0843. The third-order valence-electron chi connectivity index (χ3n) is 6.59. The van der Waals surface area contributed by atoms with Gasteiger partial charge in [0.2, 0.25) is 0 Å². The Morgan fingerprint density at radius 1 is 0.412 bits per heavy atom. The molecule has 0 spiro atoms. The maximum absolute atomic E-state index is 6.13. The Balaban J connectivity index is 3.13. The lowest BCUT2D eigenvalue weighted by molar-refractivity contribution is 0.199. The molecule has 206 valence electrons. The van der Waals surface area contributed by atoms with E-state index in [1.807, 2.05) is 0 Å². The van der Waals surface area contributed by atoms with Gasteiger partial charge in [0.1, 0.15) is 0 Å². The first-order valence-electron chi connectivity index (χ1n) is 15.4. The molecule has 0 radical (unpaired) electrons. The molecule has 2 nitrogen and oxygen atoms in total. The van der Waals surface area contributed by atoms with Gasteiger partial charge in [-0.15, -0.1) is 0 Å². The van der Waals surface area contributed by atoms with Crippen LogP contribution in [0.25, 0.3) is 0 Å². The molecule has 0 N–H and O–H groups in total. The van der Waals surface area contributed by atoms with Crippen molar-refractivity contribution in [2.24, 2.45) is 0 Å². The minimum absolute atomic E-state index is 0.465. The summed E-state index contributed by atoms with van der Waals surface area (Å²) >= 11 is 0. The zero-order valence-corrected chi connectivity index (χ0v) is 27.0. The van der Waals surface area contributed by atoms with Crippen molar-refractivity contribution < 1.29 is 8.85 Å². The van der Waals surface area contributed by atoms with E-state index in [1.54, 1.807) is 0 Å². The molecule has 0 aliphatic heterocycles.